The van der Waals surface area contributed by atoms with Crippen molar-refractivity contribution in [3.05, 3.63) is 70.1 Å². The van der Waals surface area contributed by atoms with Crippen LogP contribution in [0.15, 0.2) is 53.3 Å². The average molecular weight is 379 g/mol. The van der Waals surface area contributed by atoms with Crippen LogP contribution in [0.2, 0.25) is 0 Å². The molecule has 146 valence electrons. The SMILES string of the molecule is COc1ccccc1C(C)N(C)C(=O)c1nn(C(C)C)c(=O)c2ccccc12. The molecule has 3 aromatic rings. The predicted octanol–water partition coefficient (Wildman–Crippen LogP) is 3.82. The van der Waals surface area contributed by atoms with E-state index in [1.165, 1.54) is 4.68 Å². The van der Waals surface area contributed by atoms with Gasteiger partial charge >= 0.3 is 0 Å². The van der Waals surface area contributed by atoms with Crippen molar-refractivity contribution in [3.63, 3.8) is 0 Å². The van der Waals surface area contributed by atoms with E-state index in [9.17, 15) is 9.59 Å². The lowest BCUT2D eigenvalue weighted by atomic mass is 10.0. The highest BCUT2D eigenvalue weighted by atomic mass is 16.5. The molecule has 0 aliphatic carbocycles. The summed E-state index contributed by atoms with van der Waals surface area (Å²) in [5, 5.41) is 5.48. The second-order valence-electron chi connectivity index (χ2n) is 7.07. The Balaban J connectivity index is 2.10. The van der Waals surface area contributed by atoms with Crippen LogP contribution in [0.4, 0.5) is 0 Å². The lowest BCUT2D eigenvalue weighted by Crippen LogP contribution is -2.34. The van der Waals surface area contributed by atoms with Crippen molar-refractivity contribution in [2.45, 2.75) is 32.9 Å². The number of nitrogens with zero attached hydrogens (tertiary/aromatic N) is 3. The van der Waals surface area contributed by atoms with Crippen molar-refractivity contribution in [1.82, 2.24) is 14.7 Å². The van der Waals surface area contributed by atoms with Gasteiger partial charge in [-0.2, -0.15) is 5.10 Å². The van der Waals surface area contributed by atoms with Gasteiger partial charge in [-0.05, 0) is 32.9 Å². The maximum atomic E-state index is 13.4. The minimum atomic E-state index is -0.246. The Morgan fingerprint density at radius 3 is 2.29 bits per heavy atom. The largest absolute Gasteiger partial charge is 0.496 e. The molecule has 0 aliphatic rings. The molecule has 1 unspecified atom stereocenters. The van der Waals surface area contributed by atoms with Gasteiger partial charge in [-0.3, -0.25) is 9.59 Å². The number of para-hydroxylation sites is 1. The molecule has 0 bridgehead atoms. The van der Waals surface area contributed by atoms with Crippen LogP contribution in [0.5, 0.6) is 5.75 Å². The van der Waals surface area contributed by atoms with Crippen LogP contribution < -0.4 is 10.3 Å². The van der Waals surface area contributed by atoms with E-state index in [4.69, 9.17) is 4.74 Å². The Bertz CT molecular complexity index is 1070. The number of hydrogen-bond acceptors (Lipinski definition) is 4. The van der Waals surface area contributed by atoms with Gasteiger partial charge in [0.2, 0.25) is 0 Å². The number of aromatic nitrogens is 2. The van der Waals surface area contributed by atoms with Gasteiger partial charge < -0.3 is 9.64 Å². The van der Waals surface area contributed by atoms with E-state index < -0.39 is 0 Å². The molecule has 2 aromatic carbocycles. The third-order valence-electron chi connectivity index (χ3n) is 5.01. The van der Waals surface area contributed by atoms with E-state index in [0.29, 0.717) is 10.8 Å². The lowest BCUT2D eigenvalue weighted by molar-refractivity contribution is 0.0734. The quantitative estimate of drug-likeness (QED) is 0.676. The zero-order valence-corrected chi connectivity index (χ0v) is 16.8. The van der Waals surface area contributed by atoms with Crippen molar-refractivity contribution in [3.8, 4) is 5.75 Å². The van der Waals surface area contributed by atoms with E-state index in [1.54, 1.807) is 37.3 Å². The molecule has 6 nitrogen and oxygen atoms in total. The molecule has 0 N–H and O–H groups in total. The van der Waals surface area contributed by atoms with Crippen LogP contribution >= 0.6 is 0 Å². The minimum absolute atomic E-state index is 0.152. The van der Waals surface area contributed by atoms with E-state index >= 15 is 0 Å². The monoisotopic (exact) mass is 379 g/mol. The summed E-state index contributed by atoms with van der Waals surface area (Å²) < 4.78 is 6.81. The van der Waals surface area contributed by atoms with Crippen molar-refractivity contribution in [1.29, 1.82) is 0 Å². The lowest BCUT2D eigenvalue weighted by Gasteiger charge is -2.27. The molecule has 0 saturated heterocycles. The Morgan fingerprint density at radius 1 is 1.04 bits per heavy atom. The Labute approximate surface area is 164 Å². The summed E-state index contributed by atoms with van der Waals surface area (Å²) in [6.45, 7) is 5.69. The number of hydrogen-bond donors (Lipinski definition) is 0. The molecule has 1 aromatic heterocycles. The van der Waals surface area contributed by atoms with Crippen molar-refractivity contribution in [2.75, 3.05) is 14.2 Å². The molecule has 0 fully saturated rings. The van der Waals surface area contributed by atoms with Crippen LogP contribution in [0, 0.1) is 0 Å². The third kappa shape index (κ3) is 3.38. The summed E-state index contributed by atoms with van der Waals surface area (Å²) >= 11 is 0. The average Bonchev–Trinajstić information content (AvgIpc) is 2.72. The zero-order chi connectivity index (χ0) is 20.4. The fourth-order valence-corrected chi connectivity index (χ4v) is 3.28. The highest BCUT2D eigenvalue weighted by Crippen LogP contribution is 2.29. The van der Waals surface area contributed by atoms with Gasteiger partial charge in [0.15, 0.2) is 5.69 Å². The number of amides is 1. The molecule has 1 amide bonds. The van der Waals surface area contributed by atoms with Crippen LogP contribution in [0.25, 0.3) is 10.8 Å². The van der Waals surface area contributed by atoms with Crippen LogP contribution in [-0.4, -0.2) is 34.7 Å². The molecular weight excluding hydrogens is 354 g/mol. The molecule has 3 rings (SSSR count). The van der Waals surface area contributed by atoms with E-state index in [0.717, 1.165) is 11.3 Å². The highest BCUT2D eigenvalue weighted by Gasteiger charge is 2.25. The first-order chi connectivity index (χ1) is 13.4. The second kappa shape index (κ2) is 7.84. The minimum Gasteiger partial charge on any atom is -0.496 e. The van der Waals surface area contributed by atoms with Gasteiger partial charge in [0.05, 0.1) is 24.6 Å². The highest BCUT2D eigenvalue weighted by molar-refractivity contribution is 6.04. The van der Waals surface area contributed by atoms with Gasteiger partial charge in [0.1, 0.15) is 5.75 Å². The summed E-state index contributed by atoms with van der Waals surface area (Å²) in [6, 6.07) is 14.3. The summed E-state index contributed by atoms with van der Waals surface area (Å²) in [7, 11) is 3.35. The Morgan fingerprint density at radius 2 is 1.64 bits per heavy atom. The number of fused-ring (bicyclic) bond motifs is 1. The first-order valence-corrected chi connectivity index (χ1v) is 9.28. The molecule has 6 heteroatoms. The first kappa shape index (κ1) is 19.6. The molecule has 0 saturated carbocycles. The fraction of sp³-hybridized carbons (Fsp3) is 0.318. The molecule has 0 spiro atoms. The van der Waals surface area contributed by atoms with Crippen LogP contribution in [0.3, 0.4) is 0 Å². The van der Waals surface area contributed by atoms with Gasteiger partial charge in [-0.1, -0.05) is 36.4 Å². The predicted molar refractivity (Wildman–Crippen MR) is 110 cm³/mol. The molecule has 1 atom stereocenters. The van der Waals surface area contributed by atoms with Crippen LogP contribution in [-0.2, 0) is 0 Å². The second-order valence-corrected chi connectivity index (χ2v) is 7.07. The van der Waals surface area contributed by atoms with Crippen molar-refractivity contribution < 1.29 is 9.53 Å². The van der Waals surface area contributed by atoms with Crippen molar-refractivity contribution >= 4 is 16.7 Å². The summed E-state index contributed by atoms with van der Waals surface area (Å²) in [5.41, 5.74) is 0.984. The number of benzene rings is 2. The first-order valence-electron chi connectivity index (χ1n) is 9.28. The van der Waals surface area contributed by atoms with Gasteiger partial charge in [0, 0.05) is 18.0 Å². The van der Waals surface area contributed by atoms with Crippen LogP contribution in [0.1, 0.15) is 48.9 Å². The Kier molecular flexibility index (Phi) is 5.49. The molecule has 0 aliphatic heterocycles. The smallest absolute Gasteiger partial charge is 0.275 e. The van der Waals surface area contributed by atoms with E-state index in [-0.39, 0.29) is 29.2 Å². The van der Waals surface area contributed by atoms with Crippen molar-refractivity contribution in [2.24, 2.45) is 0 Å². The maximum Gasteiger partial charge on any atom is 0.275 e. The van der Waals surface area contributed by atoms with E-state index in [1.807, 2.05) is 51.1 Å². The maximum absolute atomic E-state index is 13.4. The standard InChI is InChI=1S/C22H25N3O3/c1-14(2)25-21(26)18-12-7-6-11-17(18)20(23-25)22(27)24(4)15(3)16-10-8-9-13-19(16)28-5/h6-15H,1-5H3. The van der Waals surface area contributed by atoms with Gasteiger partial charge in [-0.25, -0.2) is 4.68 Å². The molecular formula is C22H25N3O3. The fourth-order valence-electron chi connectivity index (χ4n) is 3.28. The summed E-state index contributed by atoms with van der Waals surface area (Å²) in [6.07, 6.45) is 0. The third-order valence-corrected chi connectivity index (χ3v) is 5.01. The number of carbonyl (C=O) groups excluding carboxylic acids is 1. The molecule has 28 heavy (non-hydrogen) atoms. The number of rotatable bonds is 5. The van der Waals surface area contributed by atoms with Gasteiger partial charge in [0.25, 0.3) is 11.5 Å². The topological polar surface area (TPSA) is 64.4 Å². The normalized spacial score (nSPS) is 12.2. The Hall–Kier alpha value is -3.15. The number of ether oxygens (including phenoxy) is 1. The van der Waals surface area contributed by atoms with E-state index in [2.05, 4.69) is 5.10 Å². The molecule has 0 radical (unpaired) electrons. The number of carbonyl (C=O) groups is 1. The number of methoxy groups -OCH3 is 1. The summed E-state index contributed by atoms with van der Waals surface area (Å²) in [5.74, 6) is 0.476. The zero-order valence-electron chi connectivity index (χ0n) is 16.8. The molecule has 1 heterocycles. The summed E-state index contributed by atoms with van der Waals surface area (Å²) in [4.78, 5) is 27.7. The van der Waals surface area contributed by atoms with Gasteiger partial charge in [-0.15, -0.1) is 0 Å².